The molecule has 90 valence electrons. The molecule has 0 aromatic carbocycles. The van der Waals surface area contributed by atoms with Crippen LogP contribution in [0.2, 0.25) is 0 Å². The zero-order valence-electron chi connectivity index (χ0n) is 9.62. The molecular formula is C11H13N3O2S. The number of aryl methyl sites for hydroxylation is 1. The molecule has 2 aromatic heterocycles. The number of methoxy groups -OCH3 is 1. The van der Waals surface area contributed by atoms with E-state index in [1.807, 2.05) is 12.3 Å². The van der Waals surface area contributed by atoms with Crippen molar-refractivity contribution in [1.82, 2.24) is 15.0 Å². The van der Waals surface area contributed by atoms with Crippen molar-refractivity contribution in [3.05, 3.63) is 34.2 Å². The normalized spacial score (nSPS) is 12.4. The zero-order valence-corrected chi connectivity index (χ0v) is 10.4. The lowest BCUT2D eigenvalue weighted by molar-refractivity contribution is 0.167. The first kappa shape index (κ1) is 11.9. The highest BCUT2D eigenvalue weighted by Gasteiger charge is 2.17. The Hall–Kier alpha value is -1.53. The van der Waals surface area contributed by atoms with Crippen LogP contribution in [0.4, 0.5) is 0 Å². The van der Waals surface area contributed by atoms with Crippen molar-refractivity contribution < 1.29 is 9.84 Å². The van der Waals surface area contributed by atoms with Crippen LogP contribution in [-0.4, -0.2) is 27.2 Å². The molecule has 1 unspecified atom stereocenters. The predicted molar refractivity (Wildman–Crippen MR) is 64.1 cm³/mol. The average Bonchev–Trinajstić information content (AvgIpc) is 2.74. The third-order valence-electron chi connectivity index (χ3n) is 2.23. The molecule has 2 heterocycles. The number of aliphatic hydroxyl groups is 1. The molecule has 0 amide bonds. The van der Waals surface area contributed by atoms with Gasteiger partial charge in [0.1, 0.15) is 11.8 Å². The van der Waals surface area contributed by atoms with Crippen molar-refractivity contribution in [1.29, 1.82) is 0 Å². The van der Waals surface area contributed by atoms with E-state index in [2.05, 4.69) is 15.0 Å². The molecule has 0 fully saturated rings. The van der Waals surface area contributed by atoms with Crippen LogP contribution < -0.4 is 4.74 Å². The van der Waals surface area contributed by atoms with E-state index in [9.17, 15) is 5.11 Å². The van der Waals surface area contributed by atoms with Gasteiger partial charge in [0.05, 0.1) is 12.1 Å². The molecule has 0 saturated carbocycles. The van der Waals surface area contributed by atoms with Crippen LogP contribution in [0.3, 0.4) is 0 Å². The molecule has 5 nitrogen and oxygen atoms in total. The van der Waals surface area contributed by atoms with Gasteiger partial charge in [-0.3, -0.25) is 4.98 Å². The highest BCUT2D eigenvalue weighted by molar-refractivity contribution is 7.09. The fourth-order valence-electron chi connectivity index (χ4n) is 1.48. The zero-order chi connectivity index (χ0) is 12.3. The Kier molecular flexibility index (Phi) is 3.65. The molecule has 1 N–H and O–H groups in total. The quantitative estimate of drug-likeness (QED) is 0.892. The summed E-state index contributed by atoms with van der Waals surface area (Å²) in [6, 6.07) is 0. The number of thiazole rings is 1. The van der Waals surface area contributed by atoms with Gasteiger partial charge in [0.15, 0.2) is 0 Å². The minimum absolute atomic E-state index is 0.355. The summed E-state index contributed by atoms with van der Waals surface area (Å²) in [6.07, 6.45) is 2.74. The Balaban J connectivity index is 2.16. The van der Waals surface area contributed by atoms with Gasteiger partial charge < -0.3 is 9.84 Å². The lowest BCUT2D eigenvalue weighted by Gasteiger charge is -2.10. The Labute approximate surface area is 103 Å². The predicted octanol–water partition coefficient (Wildman–Crippen LogP) is 1.53. The Morgan fingerprint density at radius 2 is 2.18 bits per heavy atom. The summed E-state index contributed by atoms with van der Waals surface area (Å²) in [6.45, 7) is 1.93. The highest BCUT2D eigenvalue weighted by Crippen LogP contribution is 2.24. The molecule has 0 saturated heterocycles. The number of hydrogen-bond donors (Lipinski definition) is 1. The summed E-state index contributed by atoms with van der Waals surface area (Å²) in [7, 11) is 1.51. The summed E-state index contributed by atoms with van der Waals surface area (Å²) in [5.74, 6) is 0.355. The molecule has 6 heteroatoms. The lowest BCUT2D eigenvalue weighted by atomic mass is 10.2. The number of hydrogen-bond acceptors (Lipinski definition) is 6. The lowest BCUT2D eigenvalue weighted by Crippen LogP contribution is -2.07. The third-order valence-corrected chi connectivity index (χ3v) is 3.22. The van der Waals surface area contributed by atoms with E-state index >= 15 is 0 Å². The topological polar surface area (TPSA) is 68.1 Å². The van der Waals surface area contributed by atoms with E-state index in [-0.39, 0.29) is 0 Å². The van der Waals surface area contributed by atoms with Gasteiger partial charge in [0, 0.05) is 29.9 Å². The summed E-state index contributed by atoms with van der Waals surface area (Å²) < 4.78 is 5.06. The van der Waals surface area contributed by atoms with Crippen molar-refractivity contribution >= 4 is 11.3 Å². The van der Waals surface area contributed by atoms with Gasteiger partial charge in [-0.05, 0) is 6.92 Å². The van der Waals surface area contributed by atoms with Crippen molar-refractivity contribution in [3.8, 4) is 5.88 Å². The van der Waals surface area contributed by atoms with E-state index < -0.39 is 6.10 Å². The van der Waals surface area contributed by atoms with Gasteiger partial charge in [-0.2, -0.15) is 0 Å². The van der Waals surface area contributed by atoms with Gasteiger partial charge in [-0.25, -0.2) is 9.97 Å². The molecule has 0 radical (unpaired) electrons. The van der Waals surface area contributed by atoms with Crippen LogP contribution in [0.5, 0.6) is 5.88 Å². The average molecular weight is 251 g/mol. The van der Waals surface area contributed by atoms with E-state index in [0.717, 1.165) is 10.7 Å². The fourth-order valence-corrected chi connectivity index (χ4v) is 2.29. The number of ether oxygens (including phenoxy) is 1. The van der Waals surface area contributed by atoms with E-state index in [1.54, 1.807) is 0 Å². The second-order valence-corrected chi connectivity index (χ2v) is 4.50. The third kappa shape index (κ3) is 2.78. The molecular weight excluding hydrogens is 238 g/mol. The Bertz CT molecular complexity index is 501. The van der Waals surface area contributed by atoms with Gasteiger partial charge >= 0.3 is 0 Å². The maximum atomic E-state index is 10.1. The summed E-state index contributed by atoms with van der Waals surface area (Å²) in [5.41, 5.74) is 1.41. The first-order valence-corrected chi connectivity index (χ1v) is 6.02. The van der Waals surface area contributed by atoms with Crippen molar-refractivity contribution in [2.24, 2.45) is 0 Å². The van der Waals surface area contributed by atoms with Crippen LogP contribution in [0.1, 0.15) is 22.5 Å². The maximum Gasteiger partial charge on any atom is 0.238 e. The largest absolute Gasteiger partial charge is 0.480 e. The fraction of sp³-hybridized carbons (Fsp3) is 0.364. The van der Waals surface area contributed by atoms with E-state index in [1.165, 1.54) is 30.8 Å². The molecule has 0 aliphatic heterocycles. The number of rotatable bonds is 4. The molecule has 1 atom stereocenters. The van der Waals surface area contributed by atoms with Gasteiger partial charge in [-0.1, -0.05) is 0 Å². The van der Waals surface area contributed by atoms with Crippen LogP contribution in [0, 0.1) is 6.92 Å². The SMILES string of the molecule is COc1nccnc1C(O)Cc1nc(C)cs1. The van der Waals surface area contributed by atoms with Gasteiger partial charge in [0.25, 0.3) is 0 Å². The second-order valence-electron chi connectivity index (χ2n) is 3.55. The van der Waals surface area contributed by atoms with Crippen molar-refractivity contribution in [3.63, 3.8) is 0 Å². The molecule has 0 bridgehead atoms. The summed E-state index contributed by atoms with van der Waals surface area (Å²) >= 11 is 1.53. The molecule has 0 spiro atoms. The van der Waals surface area contributed by atoms with E-state index in [4.69, 9.17) is 4.74 Å². The van der Waals surface area contributed by atoms with Gasteiger partial charge in [-0.15, -0.1) is 11.3 Å². The maximum absolute atomic E-state index is 10.1. The molecule has 2 aromatic rings. The van der Waals surface area contributed by atoms with Crippen molar-refractivity contribution in [2.45, 2.75) is 19.4 Å². The first-order valence-electron chi connectivity index (χ1n) is 5.14. The number of aliphatic hydroxyl groups excluding tert-OH is 1. The second kappa shape index (κ2) is 5.20. The first-order chi connectivity index (χ1) is 8.20. The number of aromatic nitrogens is 3. The smallest absolute Gasteiger partial charge is 0.238 e. The Morgan fingerprint density at radius 1 is 1.41 bits per heavy atom. The van der Waals surface area contributed by atoms with Crippen LogP contribution in [0.15, 0.2) is 17.8 Å². The molecule has 0 aliphatic rings. The minimum Gasteiger partial charge on any atom is -0.480 e. The molecule has 0 aliphatic carbocycles. The van der Waals surface area contributed by atoms with Crippen LogP contribution in [0.25, 0.3) is 0 Å². The Morgan fingerprint density at radius 3 is 2.82 bits per heavy atom. The molecule has 17 heavy (non-hydrogen) atoms. The van der Waals surface area contributed by atoms with Crippen LogP contribution >= 0.6 is 11.3 Å². The highest BCUT2D eigenvalue weighted by atomic mass is 32.1. The standard InChI is InChI=1S/C11H13N3O2S/c1-7-6-17-9(14-7)5-8(15)10-11(16-2)13-4-3-12-10/h3-4,6,8,15H,5H2,1-2H3. The van der Waals surface area contributed by atoms with Gasteiger partial charge in [0.2, 0.25) is 5.88 Å². The number of nitrogens with zero attached hydrogens (tertiary/aromatic N) is 3. The summed E-state index contributed by atoms with van der Waals surface area (Å²) in [4.78, 5) is 12.4. The minimum atomic E-state index is -0.746. The monoisotopic (exact) mass is 251 g/mol. The summed E-state index contributed by atoms with van der Waals surface area (Å²) in [5, 5.41) is 12.9. The van der Waals surface area contributed by atoms with Crippen LogP contribution in [-0.2, 0) is 6.42 Å². The molecule has 2 rings (SSSR count). The van der Waals surface area contributed by atoms with E-state index in [0.29, 0.717) is 18.0 Å². The van der Waals surface area contributed by atoms with Crippen molar-refractivity contribution in [2.75, 3.05) is 7.11 Å².